The van der Waals surface area contributed by atoms with E-state index in [0.717, 1.165) is 11.8 Å². The molecule has 0 radical (unpaired) electrons. The first-order valence-electron chi connectivity index (χ1n) is 2.07. The molecule has 0 nitrogen and oxygen atoms in total. The Morgan fingerprint density at radius 2 is 2.14 bits per heavy atom. The third-order valence-corrected chi connectivity index (χ3v) is 1.75. The minimum atomic E-state index is -0.272. The largest absolute Gasteiger partial charge is 0.250 e. The lowest BCUT2D eigenvalue weighted by molar-refractivity contribution is 0.483. The first-order chi connectivity index (χ1) is 3.31. The van der Waals surface area contributed by atoms with Gasteiger partial charge in [-0.05, 0) is 6.42 Å². The van der Waals surface area contributed by atoms with Gasteiger partial charge in [-0.15, -0.1) is 0 Å². The summed E-state index contributed by atoms with van der Waals surface area (Å²) >= 11 is 6.33. The normalized spacial score (nSPS) is 14.1. The van der Waals surface area contributed by atoms with Gasteiger partial charge < -0.3 is 0 Å². The van der Waals surface area contributed by atoms with Gasteiger partial charge >= 0.3 is 0 Å². The lowest BCUT2D eigenvalue weighted by atomic mass is 10.4. The molecule has 0 aliphatic heterocycles. The second-order valence-corrected chi connectivity index (χ2v) is 3.32. The molecule has 0 amide bonds. The first kappa shape index (κ1) is 7.89. The topological polar surface area (TPSA) is 0 Å². The summed E-state index contributed by atoms with van der Waals surface area (Å²) in [6, 6.07) is 0. The average molecular weight is 234 g/mol. The molecule has 44 valence electrons. The van der Waals surface area contributed by atoms with E-state index < -0.39 is 0 Å². The molecular weight excluding hydrogens is 227 g/mol. The fourth-order valence-electron chi connectivity index (χ4n) is 0.196. The van der Waals surface area contributed by atoms with Crippen LogP contribution in [0.5, 0.6) is 0 Å². The lowest BCUT2D eigenvalue weighted by Crippen LogP contribution is -1.99. The van der Waals surface area contributed by atoms with Gasteiger partial charge in [-0.3, -0.25) is 0 Å². The Labute approximate surface area is 59.7 Å². The monoisotopic (exact) mass is 232 g/mol. The van der Waals surface area contributed by atoms with Gasteiger partial charge in [-0.2, -0.15) is 0 Å². The quantitative estimate of drug-likeness (QED) is 0.658. The van der Waals surface area contributed by atoms with Crippen LogP contribution in [0.1, 0.15) is 6.42 Å². The van der Waals surface area contributed by atoms with Gasteiger partial charge in [0, 0.05) is 10.2 Å². The number of hydrogen-bond donors (Lipinski definition) is 0. The highest BCUT2D eigenvalue weighted by molar-refractivity contribution is 9.10. The van der Waals surface area contributed by atoms with Gasteiger partial charge in [0.1, 0.15) is 6.67 Å². The first-order valence-corrected chi connectivity index (χ1v) is 4.11. The van der Waals surface area contributed by atoms with Crippen molar-refractivity contribution >= 4 is 31.9 Å². The van der Waals surface area contributed by atoms with Crippen LogP contribution in [-0.4, -0.2) is 16.8 Å². The van der Waals surface area contributed by atoms with Gasteiger partial charge in [0.25, 0.3) is 0 Å². The predicted octanol–water partition coefficient (Wildman–Crippen LogP) is 2.50. The van der Waals surface area contributed by atoms with E-state index in [1.54, 1.807) is 0 Å². The molecule has 0 bridgehead atoms. The smallest absolute Gasteiger partial charge is 0.102 e. The van der Waals surface area contributed by atoms with Crippen molar-refractivity contribution in [2.75, 3.05) is 12.0 Å². The van der Waals surface area contributed by atoms with Crippen LogP contribution in [0.4, 0.5) is 4.39 Å². The fraction of sp³-hybridized carbons (Fsp3) is 1.00. The molecule has 0 aliphatic carbocycles. The van der Waals surface area contributed by atoms with E-state index in [-0.39, 0.29) is 11.5 Å². The van der Waals surface area contributed by atoms with Crippen LogP contribution in [0.2, 0.25) is 0 Å². The minimum absolute atomic E-state index is 0.0480. The molecule has 0 aromatic carbocycles. The van der Waals surface area contributed by atoms with Crippen molar-refractivity contribution in [1.29, 1.82) is 0 Å². The Morgan fingerprint density at radius 3 is 2.29 bits per heavy atom. The summed E-state index contributed by atoms with van der Waals surface area (Å²) < 4.78 is 11.5. The Balaban J connectivity index is 2.83. The van der Waals surface area contributed by atoms with E-state index in [1.807, 2.05) is 0 Å². The van der Waals surface area contributed by atoms with Gasteiger partial charge in [-0.25, -0.2) is 4.39 Å². The number of rotatable bonds is 3. The molecule has 0 aromatic heterocycles. The van der Waals surface area contributed by atoms with Gasteiger partial charge in [0.2, 0.25) is 0 Å². The van der Waals surface area contributed by atoms with Crippen molar-refractivity contribution in [1.82, 2.24) is 0 Å². The molecule has 7 heavy (non-hydrogen) atoms. The van der Waals surface area contributed by atoms with E-state index in [4.69, 9.17) is 0 Å². The molecule has 1 atom stereocenters. The number of alkyl halides is 3. The summed E-state index contributed by atoms with van der Waals surface area (Å²) in [5.41, 5.74) is 0. The van der Waals surface area contributed by atoms with Crippen LogP contribution >= 0.6 is 31.9 Å². The Kier molecular flexibility index (Phi) is 5.68. The zero-order valence-corrected chi connectivity index (χ0v) is 7.00. The summed E-state index contributed by atoms with van der Waals surface area (Å²) in [6.45, 7) is -0.272. The Bertz CT molecular complexity index is 40.7. The van der Waals surface area contributed by atoms with Gasteiger partial charge in [-0.1, -0.05) is 31.9 Å². The molecule has 0 heterocycles. The SMILES string of the molecule is FCC(Br)CCBr. The van der Waals surface area contributed by atoms with Gasteiger partial charge in [0.15, 0.2) is 0 Å². The maximum Gasteiger partial charge on any atom is 0.102 e. The lowest BCUT2D eigenvalue weighted by Gasteiger charge is -1.97. The van der Waals surface area contributed by atoms with Crippen molar-refractivity contribution in [2.24, 2.45) is 0 Å². The van der Waals surface area contributed by atoms with Crippen LogP contribution in [0.25, 0.3) is 0 Å². The molecule has 0 N–H and O–H groups in total. The molecule has 0 aromatic rings. The maximum absolute atomic E-state index is 11.5. The zero-order chi connectivity index (χ0) is 5.70. The van der Waals surface area contributed by atoms with E-state index in [0.29, 0.717) is 0 Å². The van der Waals surface area contributed by atoms with E-state index in [1.165, 1.54) is 0 Å². The predicted molar refractivity (Wildman–Crippen MR) is 37.1 cm³/mol. The molecule has 0 rings (SSSR count). The highest BCUT2D eigenvalue weighted by Crippen LogP contribution is 2.06. The van der Waals surface area contributed by atoms with Gasteiger partial charge in [0.05, 0.1) is 0 Å². The molecule has 0 fully saturated rings. The highest BCUT2D eigenvalue weighted by Gasteiger charge is 1.98. The standard InChI is InChI=1S/C4H7Br2F/c5-2-1-4(6)3-7/h4H,1-3H2. The number of hydrogen-bond acceptors (Lipinski definition) is 0. The van der Waals surface area contributed by atoms with Crippen molar-refractivity contribution in [3.8, 4) is 0 Å². The summed E-state index contributed by atoms with van der Waals surface area (Å²) in [4.78, 5) is 0.0480. The van der Waals surface area contributed by atoms with Crippen LogP contribution in [0.3, 0.4) is 0 Å². The minimum Gasteiger partial charge on any atom is -0.250 e. The van der Waals surface area contributed by atoms with E-state index >= 15 is 0 Å². The van der Waals surface area contributed by atoms with Crippen LogP contribution in [0.15, 0.2) is 0 Å². The average Bonchev–Trinajstić information content (AvgIpc) is 1.68. The fourth-order valence-corrected chi connectivity index (χ4v) is 1.59. The third-order valence-electron chi connectivity index (χ3n) is 0.590. The van der Waals surface area contributed by atoms with E-state index in [2.05, 4.69) is 31.9 Å². The van der Waals surface area contributed by atoms with Crippen molar-refractivity contribution in [3.05, 3.63) is 0 Å². The Morgan fingerprint density at radius 1 is 1.57 bits per heavy atom. The summed E-state index contributed by atoms with van der Waals surface area (Å²) in [5.74, 6) is 0. The summed E-state index contributed by atoms with van der Waals surface area (Å²) in [6.07, 6.45) is 0.858. The summed E-state index contributed by atoms with van der Waals surface area (Å²) in [7, 11) is 0. The second kappa shape index (κ2) is 5.04. The molecule has 0 spiro atoms. The van der Waals surface area contributed by atoms with Crippen LogP contribution < -0.4 is 0 Å². The van der Waals surface area contributed by atoms with Crippen molar-refractivity contribution in [3.63, 3.8) is 0 Å². The van der Waals surface area contributed by atoms with Crippen LogP contribution in [0, 0.1) is 0 Å². The maximum atomic E-state index is 11.5. The molecule has 0 saturated carbocycles. The summed E-state index contributed by atoms with van der Waals surface area (Å²) in [5, 5.41) is 0.868. The second-order valence-electron chi connectivity index (χ2n) is 1.23. The molecule has 3 heteroatoms. The molecule has 0 saturated heterocycles. The third kappa shape index (κ3) is 4.75. The van der Waals surface area contributed by atoms with Crippen molar-refractivity contribution < 1.29 is 4.39 Å². The Hall–Kier alpha value is 0.890. The zero-order valence-electron chi connectivity index (χ0n) is 3.83. The van der Waals surface area contributed by atoms with Crippen molar-refractivity contribution in [2.45, 2.75) is 11.2 Å². The molecule has 1 unspecified atom stereocenters. The molecular formula is C4H7Br2F. The number of halogens is 3. The van der Waals surface area contributed by atoms with E-state index in [9.17, 15) is 4.39 Å². The molecule has 0 aliphatic rings. The highest BCUT2D eigenvalue weighted by atomic mass is 79.9. The van der Waals surface area contributed by atoms with Crippen LogP contribution in [-0.2, 0) is 0 Å².